The third kappa shape index (κ3) is 5.53. The highest BCUT2D eigenvalue weighted by molar-refractivity contribution is 6.30. The minimum Gasteiger partial charge on any atom is -0.311 e. The molecule has 0 aliphatic heterocycles. The number of rotatable bonds is 5. The van der Waals surface area contributed by atoms with Crippen molar-refractivity contribution in [3.8, 4) is 0 Å². The van der Waals surface area contributed by atoms with Crippen LogP contribution in [0.5, 0.6) is 0 Å². The Labute approximate surface area is 133 Å². The Morgan fingerprint density at radius 1 is 0.952 bits per heavy atom. The van der Waals surface area contributed by atoms with Crippen LogP contribution in [0, 0.1) is 0 Å². The van der Waals surface area contributed by atoms with Crippen LogP contribution < -0.4 is 5.32 Å². The van der Waals surface area contributed by atoms with E-state index in [0.29, 0.717) is 5.92 Å². The summed E-state index contributed by atoms with van der Waals surface area (Å²) in [4.78, 5) is 0. The van der Waals surface area contributed by atoms with Crippen LogP contribution in [0.4, 0.5) is 0 Å². The zero-order valence-electron chi connectivity index (χ0n) is 13.1. The summed E-state index contributed by atoms with van der Waals surface area (Å²) in [5.74, 6) is 0.464. The van der Waals surface area contributed by atoms with E-state index in [9.17, 15) is 0 Å². The Morgan fingerprint density at radius 3 is 2.14 bits per heavy atom. The zero-order chi connectivity index (χ0) is 15.3. The van der Waals surface area contributed by atoms with Crippen LogP contribution in [0.25, 0.3) is 0 Å². The van der Waals surface area contributed by atoms with E-state index in [-0.39, 0.29) is 5.54 Å². The predicted octanol–water partition coefficient (Wildman–Crippen LogP) is 5.05. The second-order valence-corrected chi connectivity index (χ2v) is 7.01. The third-order valence-electron chi connectivity index (χ3n) is 3.55. The van der Waals surface area contributed by atoms with Gasteiger partial charge in [-0.05, 0) is 50.5 Å². The largest absolute Gasteiger partial charge is 0.311 e. The molecule has 1 nitrogen and oxygen atoms in total. The summed E-state index contributed by atoms with van der Waals surface area (Å²) in [6.45, 7) is 7.59. The van der Waals surface area contributed by atoms with Crippen LogP contribution >= 0.6 is 11.6 Å². The fourth-order valence-electron chi connectivity index (χ4n) is 2.37. The van der Waals surface area contributed by atoms with Gasteiger partial charge in [-0.25, -0.2) is 0 Å². The molecule has 0 saturated heterocycles. The van der Waals surface area contributed by atoms with Crippen molar-refractivity contribution in [2.24, 2.45) is 0 Å². The van der Waals surface area contributed by atoms with Crippen molar-refractivity contribution in [2.75, 3.05) is 6.54 Å². The summed E-state index contributed by atoms with van der Waals surface area (Å²) in [6, 6.07) is 18.9. The number of hydrogen-bond acceptors (Lipinski definition) is 1. The average Bonchev–Trinajstić information content (AvgIpc) is 2.45. The molecule has 0 aliphatic rings. The molecule has 112 valence electrons. The first-order valence-electron chi connectivity index (χ1n) is 7.48. The second-order valence-electron chi connectivity index (χ2n) is 6.57. The third-order valence-corrected chi connectivity index (χ3v) is 3.80. The summed E-state index contributed by atoms with van der Waals surface area (Å²) < 4.78 is 0. The van der Waals surface area contributed by atoms with Crippen molar-refractivity contribution in [3.05, 3.63) is 70.7 Å². The molecule has 0 bridgehead atoms. The van der Waals surface area contributed by atoms with Gasteiger partial charge in [-0.2, -0.15) is 0 Å². The highest BCUT2D eigenvalue weighted by atomic mass is 35.5. The van der Waals surface area contributed by atoms with Gasteiger partial charge >= 0.3 is 0 Å². The number of nitrogens with one attached hydrogen (secondary N) is 1. The summed E-state index contributed by atoms with van der Waals surface area (Å²) in [7, 11) is 0. The monoisotopic (exact) mass is 301 g/mol. The molecule has 0 aromatic heterocycles. The molecule has 0 radical (unpaired) electrons. The lowest BCUT2D eigenvalue weighted by Crippen LogP contribution is -2.39. The van der Waals surface area contributed by atoms with Gasteiger partial charge in [-0.15, -0.1) is 0 Å². The van der Waals surface area contributed by atoms with Crippen LogP contribution in [0.2, 0.25) is 5.02 Å². The Morgan fingerprint density at radius 2 is 1.57 bits per heavy atom. The number of halogens is 1. The molecule has 2 rings (SSSR count). The van der Waals surface area contributed by atoms with Crippen LogP contribution in [0.15, 0.2) is 54.6 Å². The Kier molecular flexibility index (Phi) is 5.44. The summed E-state index contributed by atoms with van der Waals surface area (Å²) in [6.07, 6.45) is 1.02. The quantitative estimate of drug-likeness (QED) is 0.814. The first kappa shape index (κ1) is 16.1. The smallest absolute Gasteiger partial charge is 0.0406 e. The van der Waals surface area contributed by atoms with E-state index in [1.165, 1.54) is 11.1 Å². The maximum atomic E-state index is 5.97. The van der Waals surface area contributed by atoms with E-state index in [1.54, 1.807) is 0 Å². The van der Waals surface area contributed by atoms with Crippen molar-refractivity contribution >= 4 is 11.6 Å². The molecule has 1 atom stereocenters. The molecule has 0 heterocycles. The Bertz CT molecular complexity index is 540. The van der Waals surface area contributed by atoms with Gasteiger partial charge in [-0.3, -0.25) is 0 Å². The lowest BCUT2D eigenvalue weighted by molar-refractivity contribution is 0.405. The topological polar surface area (TPSA) is 12.0 Å². The number of hydrogen-bond donors (Lipinski definition) is 1. The minimum absolute atomic E-state index is 0.132. The minimum atomic E-state index is 0.132. The molecule has 2 aromatic carbocycles. The van der Waals surface area contributed by atoms with E-state index in [0.717, 1.165) is 18.0 Å². The molecule has 0 amide bonds. The Hall–Kier alpha value is -1.31. The molecular weight excluding hydrogens is 278 g/mol. The van der Waals surface area contributed by atoms with E-state index in [1.807, 2.05) is 12.1 Å². The van der Waals surface area contributed by atoms with Crippen LogP contribution in [0.1, 0.15) is 37.8 Å². The molecule has 1 unspecified atom stereocenters. The van der Waals surface area contributed by atoms with Crippen molar-refractivity contribution < 1.29 is 0 Å². The van der Waals surface area contributed by atoms with Gasteiger partial charge in [0.05, 0.1) is 0 Å². The summed E-state index contributed by atoms with van der Waals surface area (Å²) >= 11 is 5.97. The van der Waals surface area contributed by atoms with Crippen molar-refractivity contribution in [1.29, 1.82) is 0 Å². The molecule has 0 spiro atoms. The van der Waals surface area contributed by atoms with E-state index in [4.69, 9.17) is 11.6 Å². The standard InChI is InChI=1S/C19H24ClN/c1-19(2,3)21-14-17(16-7-5-4-6-8-16)13-15-9-11-18(20)12-10-15/h4-12,17,21H,13-14H2,1-3H3. The lowest BCUT2D eigenvalue weighted by Gasteiger charge is -2.26. The second kappa shape index (κ2) is 7.11. The fraction of sp³-hybridized carbons (Fsp3) is 0.368. The van der Waals surface area contributed by atoms with Crippen LogP contribution in [-0.2, 0) is 6.42 Å². The molecule has 2 aromatic rings. The SMILES string of the molecule is CC(C)(C)NCC(Cc1ccc(Cl)cc1)c1ccccc1. The van der Waals surface area contributed by atoms with E-state index < -0.39 is 0 Å². The first-order valence-corrected chi connectivity index (χ1v) is 7.86. The van der Waals surface area contributed by atoms with Gasteiger partial charge in [0.15, 0.2) is 0 Å². The van der Waals surface area contributed by atoms with Gasteiger partial charge < -0.3 is 5.32 Å². The highest BCUT2D eigenvalue weighted by Crippen LogP contribution is 2.22. The molecule has 0 fully saturated rings. The van der Waals surface area contributed by atoms with Gasteiger partial charge in [-0.1, -0.05) is 54.1 Å². The van der Waals surface area contributed by atoms with E-state index in [2.05, 4.69) is 68.6 Å². The zero-order valence-corrected chi connectivity index (χ0v) is 13.8. The van der Waals surface area contributed by atoms with Crippen LogP contribution in [0.3, 0.4) is 0 Å². The molecule has 0 saturated carbocycles. The maximum absolute atomic E-state index is 5.97. The van der Waals surface area contributed by atoms with Crippen molar-refractivity contribution in [1.82, 2.24) is 5.32 Å². The average molecular weight is 302 g/mol. The van der Waals surface area contributed by atoms with E-state index >= 15 is 0 Å². The Balaban J connectivity index is 2.13. The molecule has 2 heteroatoms. The molecule has 21 heavy (non-hydrogen) atoms. The summed E-state index contributed by atoms with van der Waals surface area (Å²) in [5.41, 5.74) is 2.83. The molecule has 0 aliphatic carbocycles. The van der Waals surface area contributed by atoms with Gasteiger partial charge in [0.1, 0.15) is 0 Å². The van der Waals surface area contributed by atoms with Gasteiger partial charge in [0, 0.05) is 23.0 Å². The predicted molar refractivity (Wildman–Crippen MR) is 92.1 cm³/mol. The number of benzene rings is 2. The molecule has 1 N–H and O–H groups in total. The first-order chi connectivity index (χ1) is 9.94. The fourth-order valence-corrected chi connectivity index (χ4v) is 2.49. The summed E-state index contributed by atoms with van der Waals surface area (Å²) in [5, 5.41) is 4.42. The molecular formula is C19H24ClN. The maximum Gasteiger partial charge on any atom is 0.0406 e. The van der Waals surface area contributed by atoms with Crippen molar-refractivity contribution in [3.63, 3.8) is 0 Å². The van der Waals surface area contributed by atoms with Gasteiger partial charge in [0.2, 0.25) is 0 Å². The lowest BCUT2D eigenvalue weighted by atomic mass is 9.91. The van der Waals surface area contributed by atoms with Crippen LogP contribution in [-0.4, -0.2) is 12.1 Å². The van der Waals surface area contributed by atoms with Gasteiger partial charge in [0.25, 0.3) is 0 Å². The van der Waals surface area contributed by atoms with Crippen molar-refractivity contribution in [2.45, 2.75) is 38.6 Å². The highest BCUT2D eigenvalue weighted by Gasteiger charge is 2.16. The normalized spacial score (nSPS) is 13.1.